The molecule has 4 atom stereocenters. The normalized spacial score (nSPS) is 26.0. The van der Waals surface area contributed by atoms with E-state index in [-0.39, 0.29) is 34.6 Å². The summed E-state index contributed by atoms with van der Waals surface area (Å²) in [4.78, 5) is 24.3. The van der Waals surface area contributed by atoms with Crippen LogP contribution in [0.2, 0.25) is 0 Å². The van der Waals surface area contributed by atoms with Gasteiger partial charge in [-0.15, -0.1) is 0 Å². The first-order valence-electron chi connectivity index (χ1n) is 8.63. The van der Waals surface area contributed by atoms with Gasteiger partial charge in [-0.3, -0.25) is 9.59 Å². The molecule has 0 spiro atoms. The largest absolute Gasteiger partial charge is 0.393 e. The first-order chi connectivity index (χ1) is 9.87. The molecule has 3 heteroatoms. The number of hydrogen-bond acceptors (Lipinski definition) is 3. The number of esters is 2. The van der Waals surface area contributed by atoms with E-state index in [4.69, 9.17) is 4.74 Å². The van der Waals surface area contributed by atoms with Gasteiger partial charge in [0.15, 0.2) is 0 Å². The molecule has 0 N–H and O–H groups in total. The number of cyclic esters (lactones) is 2. The van der Waals surface area contributed by atoms with Gasteiger partial charge in [0.25, 0.3) is 0 Å². The fraction of sp³-hybridized carbons (Fsp3) is 0.895. The average Bonchev–Trinajstić information content (AvgIpc) is 2.61. The van der Waals surface area contributed by atoms with Gasteiger partial charge in [-0.05, 0) is 35.5 Å². The summed E-state index contributed by atoms with van der Waals surface area (Å²) < 4.78 is 4.98. The predicted molar refractivity (Wildman–Crippen MR) is 89.2 cm³/mol. The summed E-state index contributed by atoms with van der Waals surface area (Å²) in [7, 11) is 0. The molecule has 0 aromatic heterocycles. The van der Waals surface area contributed by atoms with Crippen LogP contribution in [0.4, 0.5) is 0 Å². The summed E-state index contributed by atoms with van der Waals surface area (Å²) >= 11 is 0. The molecule has 0 aliphatic carbocycles. The summed E-state index contributed by atoms with van der Waals surface area (Å²) in [6.07, 6.45) is 2.98. The van der Waals surface area contributed by atoms with Crippen LogP contribution in [0.5, 0.6) is 0 Å². The molecule has 22 heavy (non-hydrogen) atoms. The van der Waals surface area contributed by atoms with Crippen molar-refractivity contribution in [3.8, 4) is 0 Å². The quantitative estimate of drug-likeness (QED) is 0.539. The Hall–Kier alpha value is -0.860. The summed E-state index contributed by atoms with van der Waals surface area (Å²) in [6.45, 7) is 17.2. The van der Waals surface area contributed by atoms with E-state index in [0.29, 0.717) is 11.8 Å². The second kappa shape index (κ2) is 6.72. The highest BCUT2D eigenvalue weighted by atomic mass is 16.6. The van der Waals surface area contributed by atoms with Gasteiger partial charge in [0.2, 0.25) is 0 Å². The molecule has 128 valence electrons. The summed E-state index contributed by atoms with van der Waals surface area (Å²) in [5.74, 6) is -0.217. The van der Waals surface area contributed by atoms with Gasteiger partial charge >= 0.3 is 11.9 Å². The Morgan fingerprint density at radius 2 is 1.59 bits per heavy atom. The van der Waals surface area contributed by atoms with Gasteiger partial charge in [-0.25, -0.2) is 0 Å². The molecule has 0 radical (unpaired) electrons. The lowest BCUT2D eigenvalue weighted by Crippen LogP contribution is -2.34. The van der Waals surface area contributed by atoms with Crippen molar-refractivity contribution in [3.63, 3.8) is 0 Å². The average molecular weight is 310 g/mol. The molecular formula is C19H34O3. The third kappa shape index (κ3) is 4.57. The molecule has 0 amide bonds. The minimum Gasteiger partial charge on any atom is -0.393 e. The van der Waals surface area contributed by atoms with Crippen LogP contribution in [-0.4, -0.2) is 11.9 Å². The van der Waals surface area contributed by atoms with Gasteiger partial charge in [0.1, 0.15) is 0 Å². The van der Waals surface area contributed by atoms with Crippen molar-refractivity contribution in [2.75, 3.05) is 0 Å². The molecule has 0 bridgehead atoms. The standard InChI is InChI=1S/C19H34O3/c1-9-12(2)10-13(18(3,4)5)11-14-15(19(6,7)8)17(21)22-16(14)20/h12-15H,9-11H2,1-8H3. The maximum atomic E-state index is 12.2. The SMILES string of the molecule is CCC(C)CC(CC1C(=O)OC(=O)C1C(C)(C)C)C(C)(C)C. The summed E-state index contributed by atoms with van der Waals surface area (Å²) in [5, 5.41) is 0. The van der Waals surface area contributed by atoms with Crippen LogP contribution in [0.3, 0.4) is 0 Å². The van der Waals surface area contributed by atoms with Crippen molar-refractivity contribution < 1.29 is 14.3 Å². The van der Waals surface area contributed by atoms with E-state index in [2.05, 4.69) is 34.6 Å². The molecule has 0 saturated carbocycles. The number of hydrogen-bond donors (Lipinski definition) is 0. The van der Waals surface area contributed by atoms with E-state index in [1.807, 2.05) is 20.8 Å². The molecule has 3 nitrogen and oxygen atoms in total. The molecule has 0 aromatic carbocycles. The smallest absolute Gasteiger partial charge is 0.318 e. The van der Waals surface area contributed by atoms with Crippen molar-refractivity contribution in [3.05, 3.63) is 0 Å². The van der Waals surface area contributed by atoms with Crippen molar-refractivity contribution >= 4 is 11.9 Å². The van der Waals surface area contributed by atoms with Crippen molar-refractivity contribution in [2.45, 2.75) is 74.7 Å². The highest BCUT2D eigenvalue weighted by molar-refractivity contribution is 5.96. The van der Waals surface area contributed by atoms with E-state index >= 15 is 0 Å². The molecule has 0 aromatic rings. The van der Waals surface area contributed by atoms with Gasteiger partial charge < -0.3 is 4.74 Å². The molecular weight excluding hydrogens is 276 g/mol. The fourth-order valence-corrected chi connectivity index (χ4v) is 3.49. The number of carbonyl (C=O) groups is 2. The van der Waals surface area contributed by atoms with Crippen LogP contribution < -0.4 is 0 Å². The zero-order chi connectivity index (χ0) is 17.3. The molecule has 4 unspecified atom stereocenters. The Labute approximate surface area is 136 Å². The van der Waals surface area contributed by atoms with Crippen molar-refractivity contribution in [1.29, 1.82) is 0 Å². The Kier molecular flexibility index (Phi) is 5.86. The lowest BCUT2D eigenvalue weighted by atomic mass is 9.66. The zero-order valence-corrected chi connectivity index (χ0v) is 15.7. The van der Waals surface area contributed by atoms with E-state index in [1.165, 1.54) is 0 Å². The fourth-order valence-electron chi connectivity index (χ4n) is 3.49. The van der Waals surface area contributed by atoms with Gasteiger partial charge in [-0.2, -0.15) is 0 Å². The van der Waals surface area contributed by atoms with E-state index in [0.717, 1.165) is 19.3 Å². The second-order valence-corrected chi connectivity index (χ2v) is 9.24. The molecule has 1 heterocycles. The molecule has 1 saturated heterocycles. The summed E-state index contributed by atoms with van der Waals surface area (Å²) in [5.41, 5.74) is -0.121. The van der Waals surface area contributed by atoms with Gasteiger partial charge in [0, 0.05) is 0 Å². The maximum Gasteiger partial charge on any atom is 0.318 e. The van der Waals surface area contributed by atoms with Crippen LogP contribution >= 0.6 is 0 Å². The monoisotopic (exact) mass is 310 g/mol. The topological polar surface area (TPSA) is 43.4 Å². The highest BCUT2D eigenvalue weighted by Gasteiger charge is 2.51. The predicted octanol–water partition coefficient (Wildman–Crippen LogP) is 4.84. The second-order valence-electron chi connectivity index (χ2n) is 9.24. The minimum absolute atomic E-state index is 0.123. The van der Waals surface area contributed by atoms with Crippen molar-refractivity contribution in [1.82, 2.24) is 0 Å². The van der Waals surface area contributed by atoms with Crippen LogP contribution in [0, 0.1) is 34.5 Å². The minimum atomic E-state index is -0.335. The Bertz CT molecular complexity index is 411. The van der Waals surface area contributed by atoms with Crippen LogP contribution in [0.25, 0.3) is 0 Å². The number of ether oxygens (including phenoxy) is 1. The molecule has 1 aliphatic rings. The Balaban J connectivity index is 2.99. The Morgan fingerprint density at radius 1 is 1.05 bits per heavy atom. The van der Waals surface area contributed by atoms with E-state index < -0.39 is 0 Å². The first kappa shape index (κ1) is 19.2. The zero-order valence-electron chi connectivity index (χ0n) is 15.7. The number of rotatable bonds is 5. The third-order valence-electron chi connectivity index (χ3n) is 5.24. The Morgan fingerprint density at radius 3 is 2.00 bits per heavy atom. The van der Waals surface area contributed by atoms with Crippen LogP contribution in [-0.2, 0) is 14.3 Å². The van der Waals surface area contributed by atoms with Gasteiger partial charge in [-0.1, -0.05) is 61.8 Å². The van der Waals surface area contributed by atoms with Gasteiger partial charge in [0.05, 0.1) is 11.8 Å². The first-order valence-corrected chi connectivity index (χ1v) is 8.63. The lowest BCUT2D eigenvalue weighted by molar-refractivity contribution is -0.154. The van der Waals surface area contributed by atoms with Crippen molar-refractivity contribution in [2.24, 2.45) is 34.5 Å². The van der Waals surface area contributed by atoms with E-state index in [9.17, 15) is 9.59 Å². The highest BCUT2D eigenvalue weighted by Crippen LogP contribution is 2.45. The summed E-state index contributed by atoms with van der Waals surface area (Å²) in [6, 6.07) is 0. The number of carbonyl (C=O) groups excluding carboxylic acids is 2. The third-order valence-corrected chi connectivity index (χ3v) is 5.24. The van der Waals surface area contributed by atoms with Crippen LogP contribution in [0.1, 0.15) is 74.7 Å². The lowest BCUT2D eigenvalue weighted by Gasteiger charge is -2.36. The molecule has 1 rings (SSSR count). The van der Waals surface area contributed by atoms with Crippen LogP contribution in [0.15, 0.2) is 0 Å². The van der Waals surface area contributed by atoms with E-state index in [1.54, 1.807) is 0 Å². The molecule has 1 aliphatic heterocycles. The maximum absolute atomic E-state index is 12.2. The molecule has 1 fully saturated rings.